The molecule has 0 aliphatic heterocycles. The Kier molecular flexibility index (Phi) is 6.02. The summed E-state index contributed by atoms with van der Waals surface area (Å²) in [7, 11) is 0. The van der Waals surface area contributed by atoms with Crippen molar-refractivity contribution in [3.8, 4) is 5.75 Å². The molecule has 26 heavy (non-hydrogen) atoms. The number of aryl methyl sites for hydroxylation is 2. The van der Waals surface area contributed by atoms with Crippen LogP contribution in [0.15, 0.2) is 27.4 Å². The average molecular weight is 361 g/mol. The summed E-state index contributed by atoms with van der Waals surface area (Å²) in [6.07, 6.45) is 0.751. The van der Waals surface area contributed by atoms with Crippen molar-refractivity contribution in [3.63, 3.8) is 0 Å². The number of carboxylic acids is 1. The summed E-state index contributed by atoms with van der Waals surface area (Å²) < 4.78 is 11.0. The number of rotatable bonds is 7. The van der Waals surface area contributed by atoms with Crippen molar-refractivity contribution >= 4 is 22.8 Å². The highest BCUT2D eigenvalue weighted by Crippen LogP contribution is 2.29. The fourth-order valence-electron chi connectivity index (χ4n) is 2.65. The van der Waals surface area contributed by atoms with E-state index in [9.17, 15) is 14.4 Å². The van der Waals surface area contributed by atoms with Crippen LogP contribution in [0.1, 0.15) is 38.3 Å². The number of aliphatic carboxylic acids is 1. The maximum atomic E-state index is 12.1. The number of carbonyl (C=O) groups is 2. The summed E-state index contributed by atoms with van der Waals surface area (Å²) >= 11 is 0. The predicted octanol–water partition coefficient (Wildman–Crippen LogP) is 2.41. The third kappa shape index (κ3) is 4.22. The summed E-state index contributed by atoms with van der Waals surface area (Å²) in [5, 5.41) is 12.1. The molecule has 0 aliphatic carbocycles. The molecule has 2 N–H and O–H groups in total. The van der Waals surface area contributed by atoms with Gasteiger partial charge in [-0.2, -0.15) is 0 Å². The quantitative estimate of drug-likeness (QED) is 0.734. The molecule has 0 saturated carbocycles. The molecule has 1 aromatic carbocycles. The number of carboxylic acid groups (broad SMARTS) is 1. The third-order valence-electron chi connectivity index (χ3n) is 4.12. The van der Waals surface area contributed by atoms with Crippen LogP contribution in [-0.2, 0) is 16.0 Å². The molecule has 1 aromatic heterocycles. The summed E-state index contributed by atoms with van der Waals surface area (Å²) in [6.45, 7) is 6.68. The Morgan fingerprint density at radius 1 is 1.31 bits per heavy atom. The van der Waals surface area contributed by atoms with Gasteiger partial charge in [-0.3, -0.25) is 9.59 Å². The Morgan fingerprint density at radius 3 is 2.62 bits per heavy atom. The molecule has 0 bridgehead atoms. The van der Waals surface area contributed by atoms with Gasteiger partial charge in [-0.05, 0) is 44.9 Å². The van der Waals surface area contributed by atoms with E-state index < -0.39 is 29.6 Å². The van der Waals surface area contributed by atoms with Crippen molar-refractivity contribution in [1.29, 1.82) is 0 Å². The summed E-state index contributed by atoms with van der Waals surface area (Å²) in [4.78, 5) is 34.7. The lowest BCUT2D eigenvalue weighted by molar-refractivity contribution is -0.142. The highest BCUT2D eigenvalue weighted by atomic mass is 16.5. The Hall–Kier alpha value is -2.83. The van der Waals surface area contributed by atoms with Gasteiger partial charge in [0, 0.05) is 17.0 Å². The van der Waals surface area contributed by atoms with Gasteiger partial charge < -0.3 is 19.6 Å². The number of ether oxygens (including phenoxy) is 1. The number of nitrogens with one attached hydrogen (secondary N) is 1. The Balaban J connectivity index is 2.30. The minimum atomic E-state index is -1.13. The van der Waals surface area contributed by atoms with Crippen LogP contribution >= 0.6 is 0 Å². The fourth-order valence-corrected chi connectivity index (χ4v) is 2.65. The number of amides is 1. The molecule has 7 heteroatoms. The number of carbonyl (C=O) groups excluding carboxylic acids is 1. The molecule has 2 unspecified atom stereocenters. The molecule has 0 saturated heterocycles. The highest BCUT2D eigenvalue weighted by Gasteiger charge is 2.21. The number of hydrogen-bond acceptors (Lipinski definition) is 5. The van der Waals surface area contributed by atoms with E-state index in [0.717, 1.165) is 23.8 Å². The Bertz CT molecular complexity index is 885. The predicted molar refractivity (Wildman–Crippen MR) is 96.5 cm³/mol. The topological polar surface area (TPSA) is 106 Å². The van der Waals surface area contributed by atoms with Gasteiger partial charge in [0.15, 0.2) is 6.10 Å². The first-order valence-corrected chi connectivity index (χ1v) is 8.50. The van der Waals surface area contributed by atoms with Crippen LogP contribution in [0.2, 0.25) is 0 Å². The second-order valence-electron chi connectivity index (χ2n) is 6.23. The molecule has 0 aliphatic rings. The Morgan fingerprint density at radius 2 is 2.00 bits per heavy atom. The zero-order valence-electron chi connectivity index (χ0n) is 15.3. The normalized spacial score (nSPS) is 13.2. The van der Waals surface area contributed by atoms with E-state index in [1.54, 1.807) is 19.1 Å². The van der Waals surface area contributed by atoms with Crippen LogP contribution in [-0.4, -0.2) is 29.1 Å². The van der Waals surface area contributed by atoms with Crippen LogP contribution in [0.25, 0.3) is 11.0 Å². The lowest BCUT2D eigenvalue weighted by atomic mass is 10.0. The van der Waals surface area contributed by atoms with Gasteiger partial charge in [0.1, 0.15) is 17.4 Å². The Labute approximate surface area is 151 Å². The zero-order valence-corrected chi connectivity index (χ0v) is 15.3. The molecule has 0 fully saturated rings. The monoisotopic (exact) mass is 361 g/mol. The summed E-state index contributed by atoms with van der Waals surface area (Å²) in [5.74, 6) is -1.27. The van der Waals surface area contributed by atoms with Crippen LogP contribution in [0.3, 0.4) is 0 Å². The van der Waals surface area contributed by atoms with Crippen LogP contribution < -0.4 is 15.7 Å². The zero-order chi connectivity index (χ0) is 19.4. The van der Waals surface area contributed by atoms with E-state index in [-0.39, 0.29) is 0 Å². The first-order chi connectivity index (χ1) is 12.2. The van der Waals surface area contributed by atoms with Crippen LogP contribution in [0.4, 0.5) is 0 Å². The summed E-state index contributed by atoms with van der Waals surface area (Å²) in [5.41, 5.74) is 1.53. The largest absolute Gasteiger partial charge is 0.480 e. The molecule has 0 radical (unpaired) electrons. The van der Waals surface area contributed by atoms with E-state index in [2.05, 4.69) is 5.32 Å². The van der Waals surface area contributed by atoms with Gasteiger partial charge in [0.25, 0.3) is 5.91 Å². The lowest BCUT2D eigenvalue weighted by Crippen LogP contribution is -2.44. The van der Waals surface area contributed by atoms with Gasteiger partial charge in [-0.1, -0.05) is 13.3 Å². The van der Waals surface area contributed by atoms with E-state index in [4.69, 9.17) is 14.3 Å². The number of fused-ring (bicyclic) bond motifs is 1. The standard InChI is InChI=1S/C19H23NO6/c1-5-6-13-9-16(21)26-17-10(2)15(8-7-14(13)17)25-12(4)18(22)20-11(3)19(23)24/h7-9,11-12H,5-6H2,1-4H3,(H,20,22)(H,23,24). The third-order valence-corrected chi connectivity index (χ3v) is 4.12. The van der Waals surface area contributed by atoms with Crippen molar-refractivity contribution in [2.45, 2.75) is 52.7 Å². The molecule has 2 aromatic rings. The van der Waals surface area contributed by atoms with Crippen molar-refractivity contribution in [2.75, 3.05) is 0 Å². The highest BCUT2D eigenvalue weighted by molar-refractivity contribution is 5.87. The maximum Gasteiger partial charge on any atom is 0.336 e. The second-order valence-corrected chi connectivity index (χ2v) is 6.23. The van der Waals surface area contributed by atoms with Crippen molar-refractivity contribution in [1.82, 2.24) is 5.32 Å². The summed E-state index contributed by atoms with van der Waals surface area (Å²) in [6, 6.07) is 4.01. The smallest absolute Gasteiger partial charge is 0.336 e. The van der Waals surface area contributed by atoms with Gasteiger partial charge >= 0.3 is 11.6 Å². The molecule has 0 spiro atoms. The molecular weight excluding hydrogens is 338 g/mol. The molecule has 2 rings (SSSR count). The first kappa shape index (κ1) is 19.5. The molecular formula is C19H23NO6. The molecule has 1 amide bonds. The molecule has 2 atom stereocenters. The average Bonchev–Trinajstić information content (AvgIpc) is 2.57. The maximum absolute atomic E-state index is 12.1. The van der Waals surface area contributed by atoms with Gasteiger partial charge in [-0.25, -0.2) is 4.79 Å². The van der Waals surface area contributed by atoms with E-state index in [0.29, 0.717) is 16.9 Å². The molecule has 140 valence electrons. The van der Waals surface area contributed by atoms with Gasteiger partial charge in [-0.15, -0.1) is 0 Å². The van der Waals surface area contributed by atoms with E-state index >= 15 is 0 Å². The second kappa shape index (κ2) is 8.03. The van der Waals surface area contributed by atoms with E-state index in [1.165, 1.54) is 19.9 Å². The van der Waals surface area contributed by atoms with Gasteiger partial charge in [0.2, 0.25) is 0 Å². The van der Waals surface area contributed by atoms with E-state index in [1.807, 2.05) is 6.92 Å². The van der Waals surface area contributed by atoms with Crippen molar-refractivity contribution in [3.05, 3.63) is 39.7 Å². The molecule has 1 heterocycles. The van der Waals surface area contributed by atoms with Gasteiger partial charge in [0.05, 0.1) is 0 Å². The first-order valence-electron chi connectivity index (χ1n) is 8.50. The lowest BCUT2D eigenvalue weighted by Gasteiger charge is -2.18. The molecule has 7 nitrogen and oxygen atoms in total. The number of hydrogen-bond donors (Lipinski definition) is 2. The minimum absolute atomic E-state index is 0.403. The minimum Gasteiger partial charge on any atom is -0.480 e. The fraction of sp³-hybridized carbons (Fsp3) is 0.421. The SMILES string of the molecule is CCCc1cc(=O)oc2c(C)c(OC(C)C(=O)NC(C)C(=O)O)ccc12. The number of benzene rings is 1. The van der Waals surface area contributed by atoms with Crippen molar-refractivity contribution < 1.29 is 23.8 Å². The van der Waals surface area contributed by atoms with Crippen LogP contribution in [0, 0.1) is 6.92 Å². The van der Waals surface area contributed by atoms with Crippen molar-refractivity contribution in [2.24, 2.45) is 0 Å². The van der Waals surface area contributed by atoms with Crippen LogP contribution in [0.5, 0.6) is 5.75 Å².